The molecule has 0 aliphatic heterocycles. The number of hydrogen-bond acceptors (Lipinski definition) is 3. The fourth-order valence-corrected chi connectivity index (χ4v) is 2.99. The SMILES string of the molecule is CCCNCc1csc(-c2ccc(CC(C)C)cc2)n1. The molecule has 1 aromatic carbocycles. The number of nitrogens with zero attached hydrogens (tertiary/aromatic N) is 1. The first-order valence-corrected chi connectivity index (χ1v) is 8.31. The Hall–Kier alpha value is -1.19. The molecule has 0 radical (unpaired) electrons. The van der Waals surface area contributed by atoms with Crippen molar-refractivity contribution in [2.75, 3.05) is 6.54 Å². The quantitative estimate of drug-likeness (QED) is 0.758. The monoisotopic (exact) mass is 288 g/mol. The van der Waals surface area contributed by atoms with Crippen LogP contribution in [0.5, 0.6) is 0 Å². The van der Waals surface area contributed by atoms with Gasteiger partial charge in [0.15, 0.2) is 0 Å². The highest BCUT2D eigenvalue weighted by molar-refractivity contribution is 7.13. The Morgan fingerprint density at radius 1 is 1.20 bits per heavy atom. The van der Waals surface area contributed by atoms with Crippen molar-refractivity contribution < 1.29 is 0 Å². The van der Waals surface area contributed by atoms with Gasteiger partial charge in [-0.1, -0.05) is 45.0 Å². The highest BCUT2D eigenvalue weighted by Gasteiger charge is 2.05. The summed E-state index contributed by atoms with van der Waals surface area (Å²) in [4.78, 5) is 4.70. The molecule has 0 aliphatic carbocycles. The highest BCUT2D eigenvalue weighted by atomic mass is 32.1. The first kappa shape index (κ1) is 15.2. The Labute approximate surface area is 126 Å². The molecular formula is C17H24N2S. The van der Waals surface area contributed by atoms with E-state index in [0.717, 1.165) is 36.6 Å². The van der Waals surface area contributed by atoms with E-state index in [2.05, 4.69) is 55.7 Å². The van der Waals surface area contributed by atoms with Crippen molar-refractivity contribution in [1.29, 1.82) is 0 Å². The molecule has 0 spiro atoms. The Morgan fingerprint density at radius 2 is 1.95 bits per heavy atom. The number of thiazole rings is 1. The largest absolute Gasteiger partial charge is 0.311 e. The third-order valence-corrected chi connectivity index (χ3v) is 4.07. The third kappa shape index (κ3) is 4.43. The minimum atomic E-state index is 0.706. The molecule has 0 fully saturated rings. The Kier molecular flexibility index (Phi) is 5.74. The third-order valence-electron chi connectivity index (χ3n) is 3.13. The van der Waals surface area contributed by atoms with Crippen LogP contribution < -0.4 is 5.32 Å². The molecule has 2 aromatic rings. The van der Waals surface area contributed by atoms with Gasteiger partial charge >= 0.3 is 0 Å². The summed E-state index contributed by atoms with van der Waals surface area (Å²) in [6, 6.07) is 8.84. The fraction of sp³-hybridized carbons (Fsp3) is 0.471. The van der Waals surface area contributed by atoms with Gasteiger partial charge in [-0.25, -0.2) is 4.98 Å². The van der Waals surface area contributed by atoms with Gasteiger partial charge in [0.05, 0.1) is 5.69 Å². The predicted octanol–water partition coefficient (Wildman–Crippen LogP) is 4.51. The van der Waals surface area contributed by atoms with Gasteiger partial charge in [-0.2, -0.15) is 0 Å². The fourth-order valence-electron chi connectivity index (χ4n) is 2.17. The van der Waals surface area contributed by atoms with Gasteiger partial charge in [0.25, 0.3) is 0 Å². The molecule has 0 saturated carbocycles. The topological polar surface area (TPSA) is 24.9 Å². The van der Waals surface area contributed by atoms with Crippen LogP contribution in [0.15, 0.2) is 29.6 Å². The zero-order chi connectivity index (χ0) is 14.4. The molecule has 1 aromatic heterocycles. The maximum Gasteiger partial charge on any atom is 0.123 e. The van der Waals surface area contributed by atoms with Crippen molar-refractivity contribution in [1.82, 2.24) is 10.3 Å². The molecule has 3 heteroatoms. The Bertz CT molecular complexity index is 514. The van der Waals surface area contributed by atoms with Crippen molar-refractivity contribution in [2.45, 2.75) is 40.2 Å². The van der Waals surface area contributed by atoms with Gasteiger partial charge in [0.2, 0.25) is 0 Å². The van der Waals surface area contributed by atoms with E-state index >= 15 is 0 Å². The van der Waals surface area contributed by atoms with Gasteiger partial charge in [0, 0.05) is 17.5 Å². The lowest BCUT2D eigenvalue weighted by molar-refractivity contribution is 0.647. The summed E-state index contributed by atoms with van der Waals surface area (Å²) in [5.41, 5.74) is 3.78. The van der Waals surface area contributed by atoms with E-state index in [-0.39, 0.29) is 0 Å². The van der Waals surface area contributed by atoms with E-state index < -0.39 is 0 Å². The van der Waals surface area contributed by atoms with Gasteiger partial charge in [-0.05, 0) is 30.9 Å². The molecule has 0 amide bonds. The highest BCUT2D eigenvalue weighted by Crippen LogP contribution is 2.24. The van der Waals surface area contributed by atoms with Crippen LogP contribution >= 0.6 is 11.3 Å². The van der Waals surface area contributed by atoms with Gasteiger partial charge in [-0.15, -0.1) is 11.3 Å². The Morgan fingerprint density at radius 3 is 2.60 bits per heavy atom. The molecule has 20 heavy (non-hydrogen) atoms. The summed E-state index contributed by atoms with van der Waals surface area (Å²) >= 11 is 1.73. The first-order chi connectivity index (χ1) is 9.69. The lowest BCUT2D eigenvalue weighted by Crippen LogP contribution is -2.13. The van der Waals surface area contributed by atoms with Gasteiger partial charge in [-0.3, -0.25) is 0 Å². The van der Waals surface area contributed by atoms with E-state index in [9.17, 15) is 0 Å². The van der Waals surface area contributed by atoms with E-state index in [1.54, 1.807) is 11.3 Å². The van der Waals surface area contributed by atoms with E-state index in [0.29, 0.717) is 5.92 Å². The van der Waals surface area contributed by atoms with Crippen LogP contribution in [0, 0.1) is 5.92 Å². The molecular weight excluding hydrogens is 264 g/mol. The van der Waals surface area contributed by atoms with Crippen molar-refractivity contribution in [3.05, 3.63) is 40.9 Å². The molecule has 0 unspecified atom stereocenters. The lowest BCUT2D eigenvalue weighted by atomic mass is 10.0. The first-order valence-electron chi connectivity index (χ1n) is 7.43. The minimum absolute atomic E-state index is 0.706. The molecule has 0 aliphatic rings. The van der Waals surface area contributed by atoms with Gasteiger partial charge < -0.3 is 5.32 Å². The van der Waals surface area contributed by atoms with Crippen molar-refractivity contribution in [3.8, 4) is 10.6 Å². The molecule has 2 rings (SSSR count). The number of hydrogen-bond donors (Lipinski definition) is 1. The van der Waals surface area contributed by atoms with Crippen molar-refractivity contribution in [2.24, 2.45) is 5.92 Å². The number of rotatable bonds is 7. The summed E-state index contributed by atoms with van der Waals surface area (Å²) in [5, 5.41) is 6.66. The second kappa shape index (κ2) is 7.55. The smallest absolute Gasteiger partial charge is 0.123 e. The van der Waals surface area contributed by atoms with Crippen LogP contribution in [0.4, 0.5) is 0 Å². The summed E-state index contributed by atoms with van der Waals surface area (Å²) in [7, 11) is 0. The molecule has 0 saturated heterocycles. The average molecular weight is 288 g/mol. The molecule has 0 bridgehead atoms. The lowest BCUT2D eigenvalue weighted by Gasteiger charge is -2.05. The standard InChI is InChI=1S/C17H24N2S/c1-4-9-18-11-16-12-20-17(19-16)15-7-5-14(6-8-15)10-13(2)3/h5-8,12-13,18H,4,9-11H2,1-3H3. The summed E-state index contributed by atoms with van der Waals surface area (Å²) in [6.07, 6.45) is 2.30. The van der Waals surface area contributed by atoms with Crippen molar-refractivity contribution >= 4 is 11.3 Å². The van der Waals surface area contributed by atoms with E-state index in [1.165, 1.54) is 11.1 Å². The van der Waals surface area contributed by atoms with Crippen LogP contribution in [0.2, 0.25) is 0 Å². The number of benzene rings is 1. The maximum absolute atomic E-state index is 4.70. The molecule has 2 nitrogen and oxygen atoms in total. The number of nitrogens with one attached hydrogen (secondary N) is 1. The second-order valence-corrected chi connectivity index (χ2v) is 6.47. The minimum Gasteiger partial charge on any atom is -0.311 e. The second-order valence-electron chi connectivity index (χ2n) is 5.62. The zero-order valence-corrected chi connectivity index (χ0v) is 13.5. The summed E-state index contributed by atoms with van der Waals surface area (Å²) < 4.78 is 0. The molecule has 108 valence electrons. The summed E-state index contributed by atoms with van der Waals surface area (Å²) in [6.45, 7) is 8.61. The molecule has 1 N–H and O–H groups in total. The van der Waals surface area contributed by atoms with Crippen LogP contribution in [-0.4, -0.2) is 11.5 Å². The van der Waals surface area contributed by atoms with E-state index in [1.807, 2.05) is 0 Å². The van der Waals surface area contributed by atoms with Gasteiger partial charge in [0.1, 0.15) is 5.01 Å². The molecule has 0 atom stereocenters. The zero-order valence-electron chi connectivity index (χ0n) is 12.6. The maximum atomic E-state index is 4.70. The van der Waals surface area contributed by atoms with Crippen LogP contribution in [0.25, 0.3) is 10.6 Å². The predicted molar refractivity (Wildman–Crippen MR) is 88.1 cm³/mol. The molecule has 1 heterocycles. The Balaban J connectivity index is 2.00. The number of aromatic nitrogens is 1. The summed E-state index contributed by atoms with van der Waals surface area (Å²) in [5.74, 6) is 0.706. The normalized spacial score (nSPS) is 11.2. The van der Waals surface area contributed by atoms with E-state index in [4.69, 9.17) is 4.98 Å². The average Bonchev–Trinajstić information content (AvgIpc) is 2.88. The van der Waals surface area contributed by atoms with Crippen LogP contribution in [-0.2, 0) is 13.0 Å². The van der Waals surface area contributed by atoms with Crippen LogP contribution in [0.3, 0.4) is 0 Å². The van der Waals surface area contributed by atoms with Crippen LogP contribution in [0.1, 0.15) is 38.4 Å². The van der Waals surface area contributed by atoms with Crippen molar-refractivity contribution in [3.63, 3.8) is 0 Å².